The summed E-state index contributed by atoms with van der Waals surface area (Å²) in [6, 6.07) is 18.7. The smallest absolute Gasteiger partial charge is 0.338 e. The lowest BCUT2D eigenvalue weighted by Gasteiger charge is -2.16. The number of carbonyl (C=O) groups excluding carboxylic acids is 1. The van der Waals surface area contributed by atoms with Gasteiger partial charge in [-0.15, -0.1) is 14.2 Å². The van der Waals surface area contributed by atoms with Crippen LogP contribution in [-0.2, 0) is 16.1 Å². The van der Waals surface area contributed by atoms with E-state index in [1.54, 1.807) is 28.5 Å². The summed E-state index contributed by atoms with van der Waals surface area (Å²) in [5.41, 5.74) is 3.72. The topological polar surface area (TPSA) is 97.4 Å². The van der Waals surface area contributed by atoms with Gasteiger partial charge in [-0.1, -0.05) is 49.2 Å². The highest BCUT2D eigenvalue weighted by Gasteiger charge is 2.39. The Labute approximate surface area is 217 Å². The van der Waals surface area contributed by atoms with E-state index in [0.29, 0.717) is 34.1 Å². The molecule has 3 heterocycles. The van der Waals surface area contributed by atoms with Crippen molar-refractivity contribution in [3.8, 4) is 0 Å². The average molecular weight is 514 g/mol. The van der Waals surface area contributed by atoms with Crippen molar-refractivity contribution in [2.45, 2.75) is 50.0 Å². The molecule has 1 saturated carbocycles. The molecule has 6 rings (SSSR count). The second-order valence-electron chi connectivity index (χ2n) is 9.56. The minimum atomic E-state index is -1.43. The van der Waals surface area contributed by atoms with Gasteiger partial charge < -0.3 is 9.29 Å². The summed E-state index contributed by atoms with van der Waals surface area (Å²) in [7, 11) is 0. The lowest BCUT2D eigenvalue weighted by molar-refractivity contribution is 0.0307. The second kappa shape index (κ2) is 9.64. The Morgan fingerprint density at radius 2 is 1.86 bits per heavy atom. The molecule has 5 aromatic rings. The Balaban J connectivity index is 1.33. The van der Waals surface area contributed by atoms with Crippen LogP contribution in [0.4, 0.5) is 0 Å². The van der Waals surface area contributed by atoms with Gasteiger partial charge in [-0.3, -0.25) is 4.40 Å². The normalized spacial score (nSPS) is 20.5. The van der Waals surface area contributed by atoms with Crippen LogP contribution in [0.5, 0.6) is 0 Å². The molecule has 0 saturated heterocycles. The van der Waals surface area contributed by atoms with Crippen LogP contribution in [0, 0.1) is 12.8 Å². The Hall–Kier alpha value is -3.69. The van der Waals surface area contributed by atoms with E-state index < -0.39 is 11.4 Å². The summed E-state index contributed by atoms with van der Waals surface area (Å²) in [5, 5.41) is 8.96. The molecular weight excluding hydrogens is 486 g/mol. The average Bonchev–Trinajstić information content (AvgIpc) is 3.65. The molecule has 2 aromatic carbocycles. The van der Waals surface area contributed by atoms with E-state index >= 15 is 0 Å². The van der Waals surface area contributed by atoms with Crippen molar-refractivity contribution in [3.05, 3.63) is 90.0 Å². The van der Waals surface area contributed by atoms with E-state index in [1.165, 1.54) is 0 Å². The first kappa shape index (κ1) is 23.7. The lowest BCUT2D eigenvalue weighted by atomic mass is 9.93. The molecule has 3 aromatic heterocycles. The number of ether oxygens (including phenoxy) is 1. The number of hydrogen-bond acceptors (Lipinski definition) is 6. The zero-order valence-electron chi connectivity index (χ0n) is 20.7. The Morgan fingerprint density at radius 3 is 2.62 bits per heavy atom. The summed E-state index contributed by atoms with van der Waals surface area (Å²) in [4.78, 5) is 18.0. The Kier molecular flexibility index (Phi) is 6.18. The maximum atomic E-state index is 13.4. The molecule has 0 radical (unpaired) electrons. The minimum Gasteiger partial charge on any atom is -0.587 e. The summed E-state index contributed by atoms with van der Waals surface area (Å²) < 4.78 is 22.9. The highest BCUT2D eigenvalue weighted by Crippen LogP contribution is 2.43. The number of nitrogens with zero attached hydrogens (tertiary/aromatic N) is 5. The highest BCUT2D eigenvalue weighted by atomic mass is 32.2. The molecule has 4 atom stereocenters. The van der Waals surface area contributed by atoms with Crippen LogP contribution in [0.25, 0.3) is 16.8 Å². The molecule has 4 unspecified atom stereocenters. The first-order chi connectivity index (χ1) is 18.0. The molecule has 37 heavy (non-hydrogen) atoms. The molecule has 0 amide bonds. The van der Waals surface area contributed by atoms with Crippen molar-refractivity contribution in [3.63, 3.8) is 0 Å². The number of carbonyl (C=O) groups is 1. The summed E-state index contributed by atoms with van der Waals surface area (Å²) in [5.74, 6) is 0.902. The maximum Gasteiger partial charge on any atom is 0.338 e. The second-order valence-corrected chi connectivity index (χ2v) is 10.9. The van der Waals surface area contributed by atoms with Gasteiger partial charge in [0.2, 0.25) is 5.65 Å². The number of aromatic nitrogens is 5. The van der Waals surface area contributed by atoms with Gasteiger partial charge in [-0.25, -0.2) is 9.78 Å². The maximum absolute atomic E-state index is 13.4. The van der Waals surface area contributed by atoms with Gasteiger partial charge in [0, 0.05) is 5.92 Å². The molecule has 0 spiro atoms. The van der Waals surface area contributed by atoms with Gasteiger partial charge in [0.1, 0.15) is 23.3 Å². The molecule has 9 heteroatoms. The fraction of sp³-hybridized carbons (Fsp3) is 0.286. The van der Waals surface area contributed by atoms with Crippen molar-refractivity contribution in [2.24, 2.45) is 5.92 Å². The number of aryl methyl sites for hydroxylation is 1. The van der Waals surface area contributed by atoms with Crippen LogP contribution >= 0.6 is 0 Å². The van der Waals surface area contributed by atoms with E-state index in [0.717, 1.165) is 29.7 Å². The van der Waals surface area contributed by atoms with E-state index in [-0.39, 0.29) is 18.0 Å². The molecule has 0 N–H and O–H groups in total. The molecule has 8 nitrogen and oxygen atoms in total. The number of rotatable bonds is 6. The summed E-state index contributed by atoms with van der Waals surface area (Å²) >= 11 is -1.43. The molecule has 1 aliphatic carbocycles. The largest absolute Gasteiger partial charge is 0.587 e. The SMILES string of the molecule is CCC1CC(OC(=O)c2ccccc2)CC1c1nnc2cnc3c(ccn3[S+]([O-])c3ccc(C)cc3)n12. The fourth-order valence-electron chi connectivity index (χ4n) is 5.33. The van der Waals surface area contributed by atoms with E-state index in [4.69, 9.17) is 4.74 Å². The minimum absolute atomic E-state index is 0.0742. The first-order valence-corrected chi connectivity index (χ1v) is 13.6. The van der Waals surface area contributed by atoms with Crippen LogP contribution in [0.3, 0.4) is 0 Å². The van der Waals surface area contributed by atoms with Crippen LogP contribution in [0.2, 0.25) is 0 Å². The predicted octanol–water partition coefficient (Wildman–Crippen LogP) is 5.09. The van der Waals surface area contributed by atoms with Crippen molar-refractivity contribution in [1.29, 1.82) is 0 Å². The van der Waals surface area contributed by atoms with Gasteiger partial charge >= 0.3 is 5.97 Å². The number of benzene rings is 2. The Bertz CT molecular complexity index is 1560. The van der Waals surface area contributed by atoms with Crippen molar-refractivity contribution >= 4 is 34.1 Å². The van der Waals surface area contributed by atoms with Crippen molar-refractivity contribution in [1.82, 2.24) is 23.6 Å². The van der Waals surface area contributed by atoms with Crippen LogP contribution in [0.1, 0.15) is 53.8 Å². The van der Waals surface area contributed by atoms with Crippen LogP contribution in [0.15, 0.2) is 78.0 Å². The van der Waals surface area contributed by atoms with Crippen LogP contribution in [-0.4, -0.2) is 40.2 Å². The molecular formula is C28H27N5O3S. The summed E-state index contributed by atoms with van der Waals surface area (Å²) in [6.45, 7) is 4.16. The monoisotopic (exact) mass is 513 g/mol. The number of fused-ring (bicyclic) bond motifs is 3. The van der Waals surface area contributed by atoms with Crippen LogP contribution < -0.4 is 0 Å². The fourth-order valence-corrected chi connectivity index (χ4v) is 6.39. The van der Waals surface area contributed by atoms with Gasteiger partial charge in [0.25, 0.3) is 0 Å². The van der Waals surface area contributed by atoms with Crippen molar-refractivity contribution < 1.29 is 14.1 Å². The third-order valence-electron chi connectivity index (χ3n) is 7.25. The molecule has 188 valence electrons. The van der Waals surface area contributed by atoms with E-state index in [2.05, 4.69) is 22.1 Å². The van der Waals surface area contributed by atoms with Gasteiger partial charge in [0.15, 0.2) is 10.5 Å². The van der Waals surface area contributed by atoms with E-state index in [1.807, 2.05) is 59.9 Å². The van der Waals surface area contributed by atoms with Gasteiger partial charge in [-0.05, 0) is 56.0 Å². The first-order valence-electron chi connectivity index (χ1n) is 12.5. The van der Waals surface area contributed by atoms with Gasteiger partial charge in [0.05, 0.1) is 23.5 Å². The lowest BCUT2D eigenvalue weighted by Crippen LogP contribution is -2.15. The third-order valence-corrected chi connectivity index (χ3v) is 8.58. The zero-order valence-corrected chi connectivity index (χ0v) is 21.5. The number of esters is 1. The molecule has 0 bridgehead atoms. The Morgan fingerprint density at radius 1 is 1.08 bits per heavy atom. The third kappa shape index (κ3) is 4.28. The summed E-state index contributed by atoms with van der Waals surface area (Å²) in [6.07, 6.45) is 5.67. The van der Waals surface area contributed by atoms with Gasteiger partial charge in [-0.2, -0.15) is 0 Å². The predicted molar refractivity (Wildman–Crippen MR) is 141 cm³/mol. The quantitative estimate of drug-likeness (QED) is 0.232. The number of hydrogen-bond donors (Lipinski definition) is 0. The van der Waals surface area contributed by atoms with E-state index in [9.17, 15) is 9.35 Å². The molecule has 1 fully saturated rings. The highest BCUT2D eigenvalue weighted by molar-refractivity contribution is 7.90. The van der Waals surface area contributed by atoms with Crippen molar-refractivity contribution in [2.75, 3.05) is 0 Å². The zero-order chi connectivity index (χ0) is 25.5. The molecule has 0 aliphatic heterocycles. The molecule has 1 aliphatic rings. The standard InChI is InChI=1S/C28H27N5O3S/c1-3-19-15-21(36-28(34)20-7-5-4-6-8-20)16-23(19)26-31-30-25-17-29-27-24(33(25)26)13-14-32(27)37(35)22-11-9-18(2)10-12-22/h4-14,17,19,21,23H,3,15-16H2,1-2H3.